The Bertz CT molecular complexity index is 372. The molecule has 2 N–H and O–H groups in total. The molecule has 0 aliphatic carbocycles. The Morgan fingerprint density at radius 2 is 0.735 bits per heavy atom. The molecule has 0 bridgehead atoms. The Balaban J connectivity index is 0. The van der Waals surface area contributed by atoms with Crippen LogP contribution in [0.2, 0.25) is 0 Å². The maximum Gasteiger partial charge on any atom is 0.0182 e. The Kier molecular flexibility index (Phi) is 29.8. The molecule has 0 amide bonds. The summed E-state index contributed by atoms with van der Waals surface area (Å²) in [6, 6.07) is 0. The highest BCUT2D eigenvalue weighted by molar-refractivity contribution is 5.85. The maximum atomic E-state index is 7.27. The Morgan fingerprint density at radius 1 is 0.441 bits per heavy atom. The van der Waals surface area contributed by atoms with Crippen LogP contribution in [0.5, 0.6) is 0 Å². The standard InChI is InChI=1S/C32H67N.ClH/c1-5-9-12-15-18-19-20-21-24-27-30-32(33,29-26-23-17-14-11-7-3)31(8-4)28-25-22-16-13-10-6-2;/h31H,5-30,33H2,1-4H3;1H. The first-order valence-corrected chi connectivity index (χ1v) is 15.9. The van der Waals surface area contributed by atoms with E-state index in [0.717, 1.165) is 5.92 Å². The molecule has 0 radical (unpaired) electrons. The Labute approximate surface area is 224 Å². The zero-order valence-corrected chi connectivity index (χ0v) is 25.3. The lowest BCUT2D eigenvalue weighted by atomic mass is 9.73. The van der Waals surface area contributed by atoms with E-state index in [4.69, 9.17) is 5.73 Å². The van der Waals surface area contributed by atoms with Gasteiger partial charge in [-0.1, -0.05) is 175 Å². The maximum absolute atomic E-state index is 7.27. The number of nitrogens with two attached hydrogens (primary N) is 1. The summed E-state index contributed by atoms with van der Waals surface area (Å²) in [6.45, 7) is 9.33. The van der Waals surface area contributed by atoms with Crippen LogP contribution >= 0.6 is 12.4 Å². The van der Waals surface area contributed by atoms with Crippen molar-refractivity contribution in [1.82, 2.24) is 0 Å². The van der Waals surface area contributed by atoms with Crippen LogP contribution in [0.15, 0.2) is 0 Å². The molecule has 0 saturated heterocycles. The predicted octanol–water partition coefficient (Wildman–Crippen LogP) is 11.9. The molecule has 0 aliphatic rings. The minimum Gasteiger partial charge on any atom is -0.325 e. The molecule has 2 atom stereocenters. The second kappa shape index (κ2) is 27.8. The van der Waals surface area contributed by atoms with Crippen molar-refractivity contribution < 1.29 is 0 Å². The first kappa shape index (κ1) is 36.4. The van der Waals surface area contributed by atoms with Crippen molar-refractivity contribution in [1.29, 1.82) is 0 Å². The first-order chi connectivity index (χ1) is 16.1. The van der Waals surface area contributed by atoms with Gasteiger partial charge in [-0.15, -0.1) is 12.4 Å². The molecule has 0 fully saturated rings. The fourth-order valence-electron chi connectivity index (χ4n) is 5.78. The molecule has 0 aromatic carbocycles. The highest BCUT2D eigenvalue weighted by Crippen LogP contribution is 2.34. The van der Waals surface area contributed by atoms with Gasteiger partial charge >= 0.3 is 0 Å². The van der Waals surface area contributed by atoms with E-state index in [-0.39, 0.29) is 17.9 Å². The van der Waals surface area contributed by atoms with Crippen LogP contribution in [0, 0.1) is 5.92 Å². The molecule has 0 aromatic rings. The topological polar surface area (TPSA) is 26.0 Å². The highest BCUT2D eigenvalue weighted by Gasteiger charge is 2.32. The smallest absolute Gasteiger partial charge is 0.0182 e. The summed E-state index contributed by atoms with van der Waals surface area (Å²) in [5.41, 5.74) is 7.37. The second-order valence-electron chi connectivity index (χ2n) is 11.3. The lowest BCUT2D eigenvalue weighted by molar-refractivity contribution is 0.199. The van der Waals surface area contributed by atoms with Gasteiger partial charge in [0.15, 0.2) is 0 Å². The summed E-state index contributed by atoms with van der Waals surface area (Å²) in [6.07, 6.45) is 36.1. The van der Waals surface area contributed by atoms with Crippen LogP contribution in [0.4, 0.5) is 0 Å². The van der Waals surface area contributed by atoms with Gasteiger partial charge in [-0.3, -0.25) is 0 Å². The number of halogens is 1. The van der Waals surface area contributed by atoms with Crippen LogP contribution in [-0.2, 0) is 0 Å². The summed E-state index contributed by atoms with van der Waals surface area (Å²) in [4.78, 5) is 0. The van der Waals surface area contributed by atoms with Crippen LogP contribution in [0.1, 0.15) is 195 Å². The van der Waals surface area contributed by atoms with Crippen molar-refractivity contribution in [2.24, 2.45) is 11.7 Å². The van der Waals surface area contributed by atoms with Gasteiger partial charge in [0.1, 0.15) is 0 Å². The lowest BCUT2D eigenvalue weighted by Gasteiger charge is -2.38. The minimum atomic E-state index is 0. The van der Waals surface area contributed by atoms with Gasteiger partial charge in [0, 0.05) is 5.54 Å². The molecule has 2 heteroatoms. The van der Waals surface area contributed by atoms with E-state index in [1.807, 2.05) is 0 Å². The predicted molar refractivity (Wildman–Crippen MR) is 160 cm³/mol. The van der Waals surface area contributed by atoms with E-state index in [1.165, 1.54) is 167 Å². The average Bonchev–Trinajstić information content (AvgIpc) is 2.82. The van der Waals surface area contributed by atoms with Crippen molar-refractivity contribution in [3.05, 3.63) is 0 Å². The zero-order chi connectivity index (χ0) is 24.5. The fraction of sp³-hybridized carbons (Fsp3) is 1.00. The molecule has 34 heavy (non-hydrogen) atoms. The monoisotopic (exact) mass is 502 g/mol. The normalized spacial score (nSPS) is 14.0. The largest absolute Gasteiger partial charge is 0.325 e. The van der Waals surface area contributed by atoms with E-state index in [2.05, 4.69) is 27.7 Å². The zero-order valence-electron chi connectivity index (χ0n) is 24.4. The molecule has 0 heterocycles. The molecular formula is C32H68ClN. The summed E-state index contributed by atoms with van der Waals surface area (Å²) in [5, 5.41) is 0. The Hall–Kier alpha value is 0.250. The summed E-state index contributed by atoms with van der Waals surface area (Å²) < 4.78 is 0. The van der Waals surface area contributed by atoms with Crippen LogP contribution in [0.25, 0.3) is 0 Å². The van der Waals surface area contributed by atoms with Gasteiger partial charge in [0.25, 0.3) is 0 Å². The molecule has 0 spiro atoms. The number of hydrogen-bond donors (Lipinski definition) is 1. The van der Waals surface area contributed by atoms with Gasteiger partial charge in [-0.2, -0.15) is 0 Å². The van der Waals surface area contributed by atoms with E-state index < -0.39 is 0 Å². The van der Waals surface area contributed by atoms with Crippen LogP contribution in [-0.4, -0.2) is 5.54 Å². The van der Waals surface area contributed by atoms with E-state index in [9.17, 15) is 0 Å². The van der Waals surface area contributed by atoms with Gasteiger partial charge in [0.2, 0.25) is 0 Å². The van der Waals surface area contributed by atoms with Crippen molar-refractivity contribution in [2.75, 3.05) is 0 Å². The molecule has 0 aliphatic heterocycles. The van der Waals surface area contributed by atoms with Gasteiger partial charge in [-0.25, -0.2) is 0 Å². The fourth-order valence-corrected chi connectivity index (χ4v) is 5.78. The Morgan fingerprint density at radius 3 is 1.06 bits per heavy atom. The van der Waals surface area contributed by atoms with Gasteiger partial charge in [-0.05, 0) is 25.2 Å². The third kappa shape index (κ3) is 21.5. The lowest BCUT2D eigenvalue weighted by Crippen LogP contribution is -2.47. The summed E-state index contributed by atoms with van der Waals surface area (Å²) in [5.74, 6) is 0.734. The third-order valence-electron chi connectivity index (χ3n) is 8.20. The van der Waals surface area contributed by atoms with Crippen LogP contribution < -0.4 is 5.73 Å². The van der Waals surface area contributed by atoms with Gasteiger partial charge in [0.05, 0.1) is 0 Å². The minimum absolute atomic E-state index is 0. The van der Waals surface area contributed by atoms with Crippen molar-refractivity contribution in [3.8, 4) is 0 Å². The second-order valence-corrected chi connectivity index (χ2v) is 11.3. The van der Waals surface area contributed by atoms with Crippen molar-refractivity contribution in [2.45, 2.75) is 200 Å². The van der Waals surface area contributed by atoms with E-state index in [0.29, 0.717) is 0 Å². The van der Waals surface area contributed by atoms with Crippen molar-refractivity contribution >= 4 is 12.4 Å². The molecule has 1 nitrogen and oxygen atoms in total. The molecule has 0 aromatic heterocycles. The molecule has 0 saturated carbocycles. The molecule has 2 unspecified atom stereocenters. The summed E-state index contributed by atoms with van der Waals surface area (Å²) >= 11 is 0. The SMILES string of the molecule is CCCCCCCCCCCCC(N)(CCCCCCCC)C(CC)CCCCCCCC.Cl. The summed E-state index contributed by atoms with van der Waals surface area (Å²) in [7, 11) is 0. The first-order valence-electron chi connectivity index (χ1n) is 15.9. The number of unbranched alkanes of at least 4 members (excludes halogenated alkanes) is 19. The van der Waals surface area contributed by atoms with E-state index >= 15 is 0 Å². The van der Waals surface area contributed by atoms with E-state index in [1.54, 1.807) is 0 Å². The average molecular weight is 502 g/mol. The third-order valence-corrected chi connectivity index (χ3v) is 8.20. The number of rotatable bonds is 27. The molecular weight excluding hydrogens is 434 g/mol. The molecule has 208 valence electrons. The molecule has 0 rings (SSSR count). The van der Waals surface area contributed by atoms with Crippen LogP contribution in [0.3, 0.4) is 0 Å². The number of hydrogen-bond acceptors (Lipinski definition) is 1. The van der Waals surface area contributed by atoms with Crippen molar-refractivity contribution in [3.63, 3.8) is 0 Å². The highest BCUT2D eigenvalue weighted by atomic mass is 35.5. The van der Waals surface area contributed by atoms with Gasteiger partial charge < -0.3 is 5.73 Å². The quantitative estimate of drug-likeness (QED) is 0.111.